The molecule has 1 amide bonds. The summed E-state index contributed by atoms with van der Waals surface area (Å²) in [7, 11) is 2.09. The van der Waals surface area contributed by atoms with E-state index in [0.717, 1.165) is 26.2 Å². The van der Waals surface area contributed by atoms with Gasteiger partial charge < -0.3 is 9.80 Å². The lowest BCUT2D eigenvalue weighted by atomic mass is 10.3. The van der Waals surface area contributed by atoms with E-state index in [1.54, 1.807) is 0 Å². The highest BCUT2D eigenvalue weighted by Gasteiger charge is 2.09. The second kappa shape index (κ2) is 8.72. The fraction of sp³-hybridized carbons (Fsp3) is 0.917. The maximum atomic E-state index is 11.7. The summed E-state index contributed by atoms with van der Waals surface area (Å²) in [6, 6.07) is 0. The molecule has 0 aromatic rings. The lowest BCUT2D eigenvalue weighted by Gasteiger charge is -2.21. The molecule has 0 bridgehead atoms. The first-order valence-electron chi connectivity index (χ1n) is 6.11. The van der Waals surface area contributed by atoms with Crippen LogP contribution < -0.4 is 0 Å². The van der Waals surface area contributed by atoms with Crippen LogP contribution in [0.25, 0.3) is 0 Å². The number of nitrogens with zero attached hydrogens (tertiary/aromatic N) is 2. The second-order valence-electron chi connectivity index (χ2n) is 3.97. The van der Waals surface area contributed by atoms with Crippen LogP contribution in [0.2, 0.25) is 0 Å². The number of carbonyl (C=O) groups is 1. The van der Waals surface area contributed by atoms with Gasteiger partial charge in [-0.2, -0.15) is 0 Å². The molecule has 0 N–H and O–H groups in total. The van der Waals surface area contributed by atoms with Crippen molar-refractivity contribution in [2.45, 2.75) is 40.0 Å². The third kappa shape index (κ3) is 6.50. The zero-order valence-corrected chi connectivity index (χ0v) is 10.8. The van der Waals surface area contributed by atoms with Gasteiger partial charge in [0.15, 0.2) is 0 Å². The number of amides is 1. The molecule has 0 unspecified atom stereocenters. The summed E-state index contributed by atoms with van der Waals surface area (Å²) in [5, 5.41) is 0. The number of unbranched alkanes of at least 4 members (excludes halogenated alkanes) is 1. The lowest BCUT2D eigenvalue weighted by molar-refractivity contribution is -0.131. The standard InChI is InChI=1S/C12H26N2O/c1-5-8-10-13(4)11-9-12(15)14(6-2)7-3/h5-11H2,1-4H3. The zero-order chi connectivity index (χ0) is 11.7. The van der Waals surface area contributed by atoms with Gasteiger partial charge in [-0.3, -0.25) is 4.79 Å². The Morgan fingerprint density at radius 3 is 2.13 bits per heavy atom. The topological polar surface area (TPSA) is 23.6 Å². The minimum absolute atomic E-state index is 0.281. The molecule has 0 spiro atoms. The van der Waals surface area contributed by atoms with Crippen LogP contribution in [0.5, 0.6) is 0 Å². The SMILES string of the molecule is CCCCN(C)CCC(=O)N(CC)CC. The molecule has 0 rings (SSSR count). The van der Waals surface area contributed by atoms with Gasteiger partial charge in [-0.05, 0) is 33.9 Å². The van der Waals surface area contributed by atoms with E-state index in [9.17, 15) is 4.79 Å². The zero-order valence-electron chi connectivity index (χ0n) is 10.8. The highest BCUT2D eigenvalue weighted by molar-refractivity contribution is 5.76. The Morgan fingerprint density at radius 1 is 1.07 bits per heavy atom. The Hall–Kier alpha value is -0.570. The first-order valence-corrected chi connectivity index (χ1v) is 6.11. The van der Waals surface area contributed by atoms with Gasteiger partial charge >= 0.3 is 0 Å². The third-order valence-electron chi connectivity index (χ3n) is 2.72. The molecular formula is C12H26N2O. The molecule has 0 heterocycles. The molecule has 0 aliphatic heterocycles. The summed E-state index contributed by atoms with van der Waals surface area (Å²) >= 11 is 0. The van der Waals surface area contributed by atoms with E-state index in [2.05, 4.69) is 18.9 Å². The predicted molar refractivity (Wildman–Crippen MR) is 65.0 cm³/mol. The van der Waals surface area contributed by atoms with E-state index >= 15 is 0 Å². The smallest absolute Gasteiger partial charge is 0.223 e. The van der Waals surface area contributed by atoms with Crippen LogP contribution in [-0.4, -0.2) is 48.9 Å². The Kier molecular flexibility index (Phi) is 8.38. The normalized spacial score (nSPS) is 10.7. The molecular weight excluding hydrogens is 188 g/mol. The number of carbonyl (C=O) groups excluding carboxylic acids is 1. The van der Waals surface area contributed by atoms with Crippen molar-refractivity contribution >= 4 is 5.91 Å². The number of rotatable bonds is 8. The van der Waals surface area contributed by atoms with Crippen LogP contribution in [0.3, 0.4) is 0 Å². The van der Waals surface area contributed by atoms with E-state index in [0.29, 0.717) is 6.42 Å². The Bertz CT molecular complexity index is 167. The molecule has 0 saturated heterocycles. The molecule has 15 heavy (non-hydrogen) atoms. The number of hydrogen-bond donors (Lipinski definition) is 0. The molecule has 90 valence electrons. The van der Waals surface area contributed by atoms with Crippen molar-refractivity contribution in [1.29, 1.82) is 0 Å². The summed E-state index contributed by atoms with van der Waals surface area (Å²) in [6.45, 7) is 9.89. The van der Waals surface area contributed by atoms with Gasteiger partial charge in [-0.15, -0.1) is 0 Å². The monoisotopic (exact) mass is 214 g/mol. The van der Waals surface area contributed by atoms with Gasteiger partial charge in [0.1, 0.15) is 0 Å². The van der Waals surface area contributed by atoms with Gasteiger partial charge in [0, 0.05) is 26.1 Å². The van der Waals surface area contributed by atoms with Crippen LogP contribution in [0.15, 0.2) is 0 Å². The molecule has 0 aliphatic rings. The van der Waals surface area contributed by atoms with Crippen molar-refractivity contribution in [3.63, 3.8) is 0 Å². The first kappa shape index (κ1) is 14.4. The molecule has 0 saturated carbocycles. The predicted octanol–water partition coefficient (Wildman–Crippen LogP) is 1.98. The van der Waals surface area contributed by atoms with Gasteiger partial charge in [0.2, 0.25) is 5.91 Å². The van der Waals surface area contributed by atoms with Gasteiger partial charge in [-0.25, -0.2) is 0 Å². The Morgan fingerprint density at radius 2 is 1.67 bits per heavy atom. The van der Waals surface area contributed by atoms with Gasteiger partial charge in [0.05, 0.1) is 0 Å². The summed E-state index contributed by atoms with van der Waals surface area (Å²) in [5.41, 5.74) is 0. The average Bonchev–Trinajstić information content (AvgIpc) is 2.25. The molecule has 0 radical (unpaired) electrons. The van der Waals surface area contributed by atoms with E-state index in [-0.39, 0.29) is 5.91 Å². The summed E-state index contributed by atoms with van der Waals surface area (Å²) in [5.74, 6) is 0.281. The molecule has 0 aliphatic carbocycles. The molecule has 0 aromatic heterocycles. The van der Waals surface area contributed by atoms with Crippen LogP contribution in [-0.2, 0) is 4.79 Å². The van der Waals surface area contributed by atoms with E-state index in [1.807, 2.05) is 18.7 Å². The molecule has 0 aromatic carbocycles. The van der Waals surface area contributed by atoms with Gasteiger partial charge in [0.25, 0.3) is 0 Å². The first-order chi connectivity index (χ1) is 7.15. The second-order valence-corrected chi connectivity index (χ2v) is 3.97. The van der Waals surface area contributed by atoms with Crippen LogP contribution in [0.4, 0.5) is 0 Å². The lowest BCUT2D eigenvalue weighted by Crippen LogP contribution is -2.33. The molecule has 0 atom stereocenters. The van der Waals surface area contributed by atoms with Crippen LogP contribution in [0, 0.1) is 0 Å². The van der Waals surface area contributed by atoms with Crippen LogP contribution >= 0.6 is 0 Å². The Labute approximate surface area is 94.4 Å². The minimum atomic E-state index is 0.281. The summed E-state index contributed by atoms with van der Waals surface area (Å²) < 4.78 is 0. The highest BCUT2D eigenvalue weighted by atomic mass is 16.2. The minimum Gasteiger partial charge on any atom is -0.343 e. The van der Waals surface area contributed by atoms with Crippen molar-refractivity contribution in [3.05, 3.63) is 0 Å². The largest absolute Gasteiger partial charge is 0.343 e. The summed E-state index contributed by atoms with van der Waals surface area (Å²) in [6.07, 6.45) is 3.09. The fourth-order valence-corrected chi connectivity index (χ4v) is 1.56. The van der Waals surface area contributed by atoms with Crippen molar-refractivity contribution < 1.29 is 4.79 Å². The van der Waals surface area contributed by atoms with Crippen molar-refractivity contribution in [2.24, 2.45) is 0 Å². The highest BCUT2D eigenvalue weighted by Crippen LogP contribution is 1.97. The maximum absolute atomic E-state index is 11.7. The van der Waals surface area contributed by atoms with Crippen LogP contribution in [0.1, 0.15) is 40.0 Å². The van der Waals surface area contributed by atoms with E-state index < -0.39 is 0 Å². The quantitative estimate of drug-likeness (QED) is 0.617. The molecule has 3 nitrogen and oxygen atoms in total. The van der Waals surface area contributed by atoms with Crippen molar-refractivity contribution in [1.82, 2.24) is 9.80 Å². The fourth-order valence-electron chi connectivity index (χ4n) is 1.56. The summed E-state index contributed by atoms with van der Waals surface area (Å²) in [4.78, 5) is 15.8. The third-order valence-corrected chi connectivity index (χ3v) is 2.72. The number of hydrogen-bond acceptors (Lipinski definition) is 2. The van der Waals surface area contributed by atoms with E-state index in [1.165, 1.54) is 12.8 Å². The maximum Gasteiger partial charge on any atom is 0.223 e. The van der Waals surface area contributed by atoms with Gasteiger partial charge in [-0.1, -0.05) is 13.3 Å². The van der Waals surface area contributed by atoms with E-state index in [4.69, 9.17) is 0 Å². The molecule has 0 fully saturated rings. The average molecular weight is 214 g/mol. The Balaban J connectivity index is 3.69. The van der Waals surface area contributed by atoms with Crippen molar-refractivity contribution in [3.8, 4) is 0 Å². The molecule has 3 heteroatoms. The van der Waals surface area contributed by atoms with Crippen molar-refractivity contribution in [2.75, 3.05) is 33.2 Å².